The van der Waals surface area contributed by atoms with Crippen LogP contribution >= 0.6 is 7.82 Å². The quantitative estimate of drug-likeness (QED) is 0.660. The predicted molar refractivity (Wildman–Crippen MR) is 113 cm³/mol. The molecule has 0 spiro atoms. The van der Waals surface area contributed by atoms with Gasteiger partial charge in [0.05, 0.1) is 30.4 Å². The molecule has 4 aliphatic rings. The van der Waals surface area contributed by atoms with Crippen LogP contribution in [0.25, 0.3) is 11.3 Å². The summed E-state index contributed by atoms with van der Waals surface area (Å²) in [5, 5.41) is 0. The summed E-state index contributed by atoms with van der Waals surface area (Å²) in [5.74, 6) is 2.08. The van der Waals surface area contributed by atoms with Gasteiger partial charge in [-0.05, 0) is 60.8 Å². The van der Waals surface area contributed by atoms with Gasteiger partial charge in [-0.2, -0.15) is 0 Å². The number of rotatable bonds is 5. The molecule has 1 aromatic carbocycles. The molecule has 7 heteroatoms. The van der Waals surface area contributed by atoms with Crippen molar-refractivity contribution in [1.29, 1.82) is 0 Å². The van der Waals surface area contributed by atoms with E-state index in [1.165, 1.54) is 31.2 Å². The Morgan fingerprint density at radius 1 is 1.20 bits per heavy atom. The lowest BCUT2D eigenvalue weighted by molar-refractivity contribution is -0.0204. The Morgan fingerprint density at radius 2 is 2.03 bits per heavy atom. The molecule has 3 aliphatic carbocycles. The van der Waals surface area contributed by atoms with E-state index in [-0.39, 0.29) is 11.5 Å². The van der Waals surface area contributed by atoms with Gasteiger partial charge >= 0.3 is 7.82 Å². The van der Waals surface area contributed by atoms with Crippen molar-refractivity contribution in [3.05, 3.63) is 42.4 Å². The van der Waals surface area contributed by atoms with Crippen LogP contribution in [0.1, 0.15) is 63.0 Å². The number of imidazole rings is 1. The molecule has 3 saturated carbocycles. The van der Waals surface area contributed by atoms with Gasteiger partial charge in [0.25, 0.3) is 0 Å². The number of phosphoric acid groups is 1. The van der Waals surface area contributed by atoms with E-state index in [0.717, 1.165) is 30.5 Å². The number of aromatic nitrogens is 2. The lowest BCUT2D eigenvalue weighted by Crippen LogP contribution is -2.40. The molecule has 2 N–H and O–H groups in total. The Labute approximate surface area is 176 Å². The first-order chi connectivity index (χ1) is 14.4. The molecule has 1 aliphatic heterocycles. The number of fused-ring (bicyclic) bond motifs is 5. The number of hydrogen-bond acceptors (Lipinski definition) is 3. The Hall–Kier alpha value is -1.46. The van der Waals surface area contributed by atoms with E-state index in [9.17, 15) is 14.4 Å². The Morgan fingerprint density at radius 3 is 2.90 bits per heavy atom. The predicted octanol–water partition coefficient (Wildman–Crippen LogP) is 4.93. The van der Waals surface area contributed by atoms with E-state index in [1.807, 2.05) is 24.7 Å². The summed E-state index contributed by atoms with van der Waals surface area (Å²) in [4.78, 5) is 24.0. The van der Waals surface area contributed by atoms with E-state index in [4.69, 9.17) is 4.52 Å². The van der Waals surface area contributed by atoms with Crippen molar-refractivity contribution in [2.75, 3.05) is 0 Å². The number of hydrogen-bond donors (Lipinski definition) is 2. The van der Waals surface area contributed by atoms with Gasteiger partial charge in [-0.1, -0.05) is 43.5 Å². The molecule has 30 heavy (non-hydrogen) atoms. The molecule has 160 valence electrons. The van der Waals surface area contributed by atoms with Crippen LogP contribution < -0.4 is 0 Å². The molecule has 2 aromatic rings. The van der Waals surface area contributed by atoms with Crippen LogP contribution in [-0.4, -0.2) is 25.4 Å². The Kier molecular flexibility index (Phi) is 4.34. The fraction of sp³-hybridized carbons (Fsp3) is 0.609. The molecule has 2 heterocycles. The smallest absolute Gasteiger partial charge is 0.323 e. The average Bonchev–Trinajstić information content (AvgIpc) is 3.31. The van der Waals surface area contributed by atoms with Crippen molar-refractivity contribution in [3.8, 4) is 11.3 Å². The fourth-order valence-electron chi connectivity index (χ4n) is 7.56. The second kappa shape index (κ2) is 6.77. The maximum atomic E-state index is 12.1. The van der Waals surface area contributed by atoms with Gasteiger partial charge in [-0.3, -0.25) is 4.52 Å². The van der Waals surface area contributed by atoms with Crippen molar-refractivity contribution < 1.29 is 18.9 Å². The van der Waals surface area contributed by atoms with Crippen molar-refractivity contribution >= 4 is 7.82 Å². The summed E-state index contributed by atoms with van der Waals surface area (Å²) in [7, 11) is -4.59. The van der Waals surface area contributed by atoms with Crippen molar-refractivity contribution in [1.82, 2.24) is 9.55 Å². The summed E-state index contributed by atoms with van der Waals surface area (Å²) in [6, 6.07) is 8.32. The van der Waals surface area contributed by atoms with Gasteiger partial charge in [0.1, 0.15) is 0 Å². The van der Waals surface area contributed by atoms with Crippen molar-refractivity contribution in [3.63, 3.8) is 0 Å². The second-order valence-corrected chi connectivity index (χ2v) is 11.3. The molecular formula is C23H29N2O4P. The topological polar surface area (TPSA) is 84.6 Å². The van der Waals surface area contributed by atoms with Gasteiger partial charge < -0.3 is 14.4 Å². The van der Waals surface area contributed by atoms with Crippen LogP contribution in [-0.2, 0) is 9.09 Å². The van der Waals surface area contributed by atoms with Crippen LogP contribution in [0.2, 0.25) is 0 Å². The molecule has 1 aromatic heterocycles. The van der Waals surface area contributed by atoms with Gasteiger partial charge in [0.15, 0.2) is 0 Å². The third kappa shape index (κ3) is 3.03. The highest BCUT2D eigenvalue weighted by Crippen LogP contribution is 2.64. The summed E-state index contributed by atoms with van der Waals surface area (Å²) < 4.78 is 19.9. The number of nitrogens with zero attached hydrogens (tertiary/aromatic N) is 2. The standard InChI is InChI=1S/C23H29N2O4P/c26-30(27,28)29-22(23-10-15-4-3-5-16(11-23)17(8-15)12-23)9-20-18-6-1-2-7-19(18)21-13-24-14-25(20)21/h1-2,6-7,13-17,20,22H,3-5,8-12H2,(H2,26,27,28). The second-order valence-electron chi connectivity index (χ2n) is 10.1. The lowest BCUT2D eigenvalue weighted by Gasteiger charge is -2.44. The van der Waals surface area contributed by atoms with E-state index < -0.39 is 13.9 Å². The fourth-order valence-corrected chi connectivity index (χ4v) is 8.20. The Bertz CT molecular complexity index is 1010. The summed E-state index contributed by atoms with van der Waals surface area (Å²) in [6.45, 7) is 0. The van der Waals surface area contributed by atoms with Gasteiger partial charge in [0, 0.05) is 5.56 Å². The minimum atomic E-state index is -4.59. The minimum absolute atomic E-state index is 0.00504. The van der Waals surface area contributed by atoms with Gasteiger partial charge in [0.2, 0.25) is 0 Å². The van der Waals surface area contributed by atoms with E-state index >= 15 is 0 Å². The molecule has 6 atom stereocenters. The van der Waals surface area contributed by atoms with E-state index in [0.29, 0.717) is 24.2 Å². The van der Waals surface area contributed by atoms with Crippen LogP contribution in [0.3, 0.4) is 0 Å². The molecule has 3 fully saturated rings. The van der Waals surface area contributed by atoms with E-state index in [2.05, 4.69) is 21.7 Å². The molecule has 3 bridgehead atoms. The van der Waals surface area contributed by atoms with Gasteiger partial charge in [-0.25, -0.2) is 9.55 Å². The third-order valence-electron chi connectivity index (χ3n) is 8.51. The average molecular weight is 428 g/mol. The number of phosphoric ester groups is 1. The maximum absolute atomic E-state index is 12.1. The Balaban J connectivity index is 1.39. The molecule has 0 amide bonds. The molecule has 0 radical (unpaired) electrons. The van der Waals surface area contributed by atoms with Crippen LogP contribution in [0.4, 0.5) is 0 Å². The zero-order chi connectivity index (χ0) is 20.5. The molecule has 0 saturated heterocycles. The first kappa shape index (κ1) is 19.2. The monoisotopic (exact) mass is 428 g/mol. The van der Waals surface area contributed by atoms with E-state index in [1.54, 1.807) is 0 Å². The lowest BCUT2D eigenvalue weighted by atomic mass is 9.65. The largest absolute Gasteiger partial charge is 0.469 e. The minimum Gasteiger partial charge on any atom is -0.323 e. The summed E-state index contributed by atoms with van der Waals surface area (Å²) in [5.41, 5.74) is 3.33. The van der Waals surface area contributed by atoms with Crippen LogP contribution in [0, 0.1) is 23.2 Å². The maximum Gasteiger partial charge on any atom is 0.469 e. The highest BCUT2D eigenvalue weighted by Gasteiger charge is 2.56. The normalized spacial score (nSPS) is 35.1. The highest BCUT2D eigenvalue weighted by atomic mass is 31.2. The number of benzene rings is 1. The SMILES string of the molecule is O=P(O)(O)OC(CC1c2ccccc2-c2cncn21)C12CC3CCCC(C1)C(C3)C2. The van der Waals surface area contributed by atoms with Crippen molar-refractivity contribution in [2.45, 2.75) is 63.5 Å². The first-order valence-electron chi connectivity index (χ1n) is 11.3. The highest BCUT2D eigenvalue weighted by molar-refractivity contribution is 7.46. The molecule has 6 unspecified atom stereocenters. The molecule has 6 nitrogen and oxygen atoms in total. The third-order valence-corrected chi connectivity index (χ3v) is 9.03. The molecular weight excluding hydrogens is 399 g/mol. The van der Waals surface area contributed by atoms with Crippen LogP contribution in [0.5, 0.6) is 0 Å². The zero-order valence-electron chi connectivity index (χ0n) is 17.1. The zero-order valence-corrected chi connectivity index (χ0v) is 18.0. The van der Waals surface area contributed by atoms with Gasteiger partial charge in [-0.15, -0.1) is 0 Å². The molecule has 6 rings (SSSR count). The van der Waals surface area contributed by atoms with Crippen molar-refractivity contribution in [2.24, 2.45) is 23.2 Å². The van der Waals surface area contributed by atoms with Crippen LogP contribution in [0.15, 0.2) is 36.8 Å². The summed E-state index contributed by atoms with van der Waals surface area (Å²) in [6.07, 6.45) is 12.2. The first-order valence-corrected chi connectivity index (χ1v) is 12.8. The summed E-state index contributed by atoms with van der Waals surface area (Å²) >= 11 is 0.